The zero-order valence-corrected chi connectivity index (χ0v) is 10.6. The van der Waals surface area contributed by atoms with E-state index < -0.39 is 15.8 Å². The van der Waals surface area contributed by atoms with Gasteiger partial charge in [0.05, 0.1) is 5.69 Å². The van der Waals surface area contributed by atoms with Crippen molar-refractivity contribution >= 4 is 21.5 Å². The summed E-state index contributed by atoms with van der Waals surface area (Å²) in [5, 5.41) is 0. The number of amidine groups is 1. The summed E-state index contributed by atoms with van der Waals surface area (Å²) in [6.45, 7) is 0.743. The Morgan fingerprint density at radius 2 is 2.06 bits per heavy atom. The van der Waals surface area contributed by atoms with Crippen LogP contribution in [0.3, 0.4) is 0 Å². The van der Waals surface area contributed by atoms with Gasteiger partial charge in [-0.3, -0.25) is 0 Å². The Morgan fingerprint density at radius 1 is 1.22 bits per heavy atom. The molecule has 0 radical (unpaired) electrons. The van der Waals surface area contributed by atoms with Gasteiger partial charge in [-0.15, -0.1) is 4.40 Å². The number of benzene rings is 1. The molecule has 0 saturated carbocycles. The number of hydrogen-bond acceptors (Lipinski definition) is 3. The van der Waals surface area contributed by atoms with Gasteiger partial charge in [-0.05, 0) is 31.0 Å². The summed E-state index contributed by atoms with van der Waals surface area (Å²) in [5.74, 6) is 0.0393. The predicted molar refractivity (Wildman–Crippen MR) is 66.8 cm³/mol. The average molecular weight is 268 g/mol. The summed E-state index contributed by atoms with van der Waals surface area (Å²) >= 11 is 0. The van der Waals surface area contributed by atoms with Gasteiger partial charge in [-0.25, -0.2) is 4.39 Å². The zero-order valence-electron chi connectivity index (χ0n) is 9.76. The number of halogens is 1. The van der Waals surface area contributed by atoms with Crippen LogP contribution in [0.25, 0.3) is 0 Å². The van der Waals surface area contributed by atoms with Gasteiger partial charge in [0.15, 0.2) is 0 Å². The van der Waals surface area contributed by atoms with Crippen molar-refractivity contribution in [2.24, 2.45) is 4.40 Å². The first-order chi connectivity index (χ1) is 8.58. The summed E-state index contributed by atoms with van der Waals surface area (Å²) in [6.07, 6.45) is 3.67. The highest BCUT2D eigenvalue weighted by Crippen LogP contribution is 2.34. The number of anilines is 1. The normalized spacial score (nSPS) is 21.6. The Balaban J connectivity index is 2.21. The van der Waals surface area contributed by atoms with E-state index in [2.05, 4.69) is 4.40 Å². The van der Waals surface area contributed by atoms with Crippen LogP contribution >= 0.6 is 0 Å². The molecule has 3 rings (SSSR count). The summed E-state index contributed by atoms with van der Waals surface area (Å²) in [6, 6.07) is 3.88. The summed E-state index contributed by atoms with van der Waals surface area (Å²) in [4.78, 5) is 1.89. The fourth-order valence-electron chi connectivity index (χ4n) is 2.45. The molecule has 4 nitrogen and oxygen atoms in total. The third-order valence-electron chi connectivity index (χ3n) is 3.31. The highest BCUT2D eigenvalue weighted by molar-refractivity contribution is 7.90. The van der Waals surface area contributed by atoms with Crippen LogP contribution < -0.4 is 4.90 Å². The smallest absolute Gasteiger partial charge is 0.286 e. The molecular weight excluding hydrogens is 255 g/mol. The molecule has 1 aromatic rings. The Bertz CT molecular complexity index is 625. The molecule has 2 aliphatic heterocycles. The molecule has 2 aliphatic rings. The van der Waals surface area contributed by atoms with E-state index >= 15 is 0 Å². The zero-order chi connectivity index (χ0) is 12.8. The van der Waals surface area contributed by atoms with Crippen LogP contribution in [0.2, 0.25) is 0 Å². The van der Waals surface area contributed by atoms with Crippen molar-refractivity contribution in [3.63, 3.8) is 0 Å². The number of hydrogen-bond donors (Lipinski definition) is 0. The maximum absolute atomic E-state index is 13.2. The van der Waals surface area contributed by atoms with E-state index in [-0.39, 0.29) is 4.90 Å². The van der Waals surface area contributed by atoms with Gasteiger partial charge in [0.1, 0.15) is 16.5 Å². The Labute approximate surface area is 105 Å². The fourth-order valence-corrected chi connectivity index (χ4v) is 3.72. The quantitative estimate of drug-likeness (QED) is 0.725. The van der Waals surface area contributed by atoms with Gasteiger partial charge >= 0.3 is 0 Å². The van der Waals surface area contributed by atoms with Gasteiger partial charge in [-0.2, -0.15) is 8.42 Å². The minimum Gasteiger partial charge on any atom is -0.328 e. The van der Waals surface area contributed by atoms with Gasteiger partial charge < -0.3 is 4.90 Å². The van der Waals surface area contributed by atoms with Crippen molar-refractivity contribution < 1.29 is 12.8 Å². The molecule has 0 amide bonds. The summed E-state index contributed by atoms with van der Waals surface area (Å²) in [7, 11) is -3.74. The number of nitrogens with zero attached hydrogens (tertiary/aromatic N) is 2. The van der Waals surface area contributed by atoms with Crippen LogP contribution in [-0.2, 0) is 10.0 Å². The highest BCUT2D eigenvalue weighted by atomic mass is 32.2. The van der Waals surface area contributed by atoms with E-state index in [9.17, 15) is 12.8 Å². The first kappa shape index (κ1) is 11.6. The molecule has 0 aromatic heterocycles. The molecule has 1 saturated heterocycles. The first-order valence-corrected chi connectivity index (χ1v) is 7.43. The molecule has 6 heteroatoms. The second-order valence-corrected chi connectivity index (χ2v) is 6.13. The summed E-state index contributed by atoms with van der Waals surface area (Å²) in [5.41, 5.74) is 0.559. The number of rotatable bonds is 0. The second kappa shape index (κ2) is 4.05. The van der Waals surface area contributed by atoms with E-state index in [1.165, 1.54) is 12.1 Å². The van der Waals surface area contributed by atoms with Crippen molar-refractivity contribution in [1.29, 1.82) is 0 Å². The minimum absolute atomic E-state index is 0.0202. The largest absolute Gasteiger partial charge is 0.328 e. The Kier molecular flexibility index (Phi) is 2.62. The molecular formula is C12H13FN2O2S. The maximum atomic E-state index is 13.2. The van der Waals surface area contributed by atoms with Crippen LogP contribution in [0.5, 0.6) is 0 Å². The fraction of sp³-hybridized carbons (Fsp3) is 0.417. The number of fused-ring (bicyclic) bond motifs is 3. The predicted octanol–water partition coefficient (Wildman–Crippen LogP) is 2.31. The van der Waals surface area contributed by atoms with E-state index in [0.717, 1.165) is 31.9 Å². The second-order valence-electron chi connectivity index (χ2n) is 4.56. The first-order valence-electron chi connectivity index (χ1n) is 5.99. The lowest BCUT2D eigenvalue weighted by Crippen LogP contribution is -2.35. The van der Waals surface area contributed by atoms with Crippen LogP contribution in [0.4, 0.5) is 10.1 Å². The van der Waals surface area contributed by atoms with Gasteiger partial charge in [0.2, 0.25) is 0 Å². The van der Waals surface area contributed by atoms with E-state index in [0.29, 0.717) is 17.9 Å². The molecule has 1 aromatic carbocycles. The Hall–Kier alpha value is -1.43. The minimum atomic E-state index is -3.74. The van der Waals surface area contributed by atoms with Gasteiger partial charge in [-0.1, -0.05) is 6.42 Å². The molecule has 0 atom stereocenters. The van der Waals surface area contributed by atoms with E-state index in [1.54, 1.807) is 0 Å². The topological polar surface area (TPSA) is 49.7 Å². The van der Waals surface area contributed by atoms with Crippen LogP contribution in [0.1, 0.15) is 25.7 Å². The molecule has 0 unspecified atom stereocenters. The van der Waals surface area contributed by atoms with Gasteiger partial charge in [0.25, 0.3) is 10.0 Å². The lowest BCUT2D eigenvalue weighted by atomic mass is 10.2. The molecule has 0 bridgehead atoms. The molecule has 0 spiro atoms. The lowest BCUT2D eigenvalue weighted by Gasteiger charge is -2.29. The molecule has 18 heavy (non-hydrogen) atoms. The molecule has 96 valence electrons. The van der Waals surface area contributed by atoms with Crippen molar-refractivity contribution in [3.8, 4) is 0 Å². The van der Waals surface area contributed by atoms with Crippen molar-refractivity contribution in [1.82, 2.24) is 0 Å². The van der Waals surface area contributed by atoms with Crippen LogP contribution in [-0.4, -0.2) is 20.8 Å². The Morgan fingerprint density at radius 3 is 2.89 bits per heavy atom. The average Bonchev–Trinajstić information content (AvgIpc) is 2.54. The van der Waals surface area contributed by atoms with Crippen molar-refractivity contribution in [3.05, 3.63) is 24.0 Å². The number of sulfonamides is 1. The van der Waals surface area contributed by atoms with Crippen molar-refractivity contribution in [2.45, 2.75) is 30.6 Å². The maximum Gasteiger partial charge on any atom is 0.286 e. The monoisotopic (exact) mass is 268 g/mol. The third-order valence-corrected chi connectivity index (χ3v) is 4.64. The van der Waals surface area contributed by atoms with Crippen molar-refractivity contribution in [2.75, 3.05) is 11.4 Å². The van der Waals surface area contributed by atoms with E-state index in [1.807, 2.05) is 4.90 Å². The molecule has 0 N–H and O–H groups in total. The SMILES string of the molecule is O=S1(=O)N=C2CCCCCN2c2ccc(F)cc21. The van der Waals surface area contributed by atoms with Crippen LogP contribution in [0, 0.1) is 5.82 Å². The molecule has 1 fully saturated rings. The lowest BCUT2D eigenvalue weighted by molar-refractivity contribution is 0.590. The van der Waals surface area contributed by atoms with Gasteiger partial charge in [0, 0.05) is 13.0 Å². The standard InChI is InChI=1S/C12H13FN2O2S/c13-9-5-6-10-11(8-9)18(16,17)14-12-4-2-1-3-7-15(10)12/h5-6,8H,1-4,7H2. The summed E-state index contributed by atoms with van der Waals surface area (Å²) < 4.78 is 41.1. The molecule has 2 heterocycles. The van der Waals surface area contributed by atoms with Crippen LogP contribution in [0.15, 0.2) is 27.5 Å². The molecule has 0 aliphatic carbocycles. The van der Waals surface area contributed by atoms with E-state index in [4.69, 9.17) is 0 Å². The highest BCUT2D eigenvalue weighted by Gasteiger charge is 2.31. The third kappa shape index (κ3) is 1.80.